The van der Waals surface area contributed by atoms with Gasteiger partial charge in [-0.05, 0) is 31.6 Å². The van der Waals surface area contributed by atoms with Gasteiger partial charge >= 0.3 is 5.97 Å². The average Bonchev–Trinajstić information content (AvgIpc) is 3.02. The van der Waals surface area contributed by atoms with E-state index in [1.165, 1.54) is 0 Å². The fraction of sp³-hybridized carbons (Fsp3) is 0.909. The summed E-state index contributed by atoms with van der Waals surface area (Å²) in [6, 6.07) is 0. The predicted octanol–water partition coefficient (Wildman–Crippen LogP) is 1.24. The molecular formula is C11H21NO3. The lowest BCUT2D eigenvalue weighted by Gasteiger charge is -2.27. The Bertz CT molecular complexity index is 216. The van der Waals surface area contributed by atoms with Crippen LogP contribution in [0.15, 0.2) is 0 Å². The fourth-order valence-electron chi connectivity index (χ4n) is 1.98. The average molecular weight is 215 g/mol. The molecule has 4 heteroatoms. The Kier molecular flexibility index (Phi) is 4.54. The summed E-state index contributed by atoms with van der Waals surface area (Å²) in [5.74, 6) is -0.488. The minimum atomic E-state index is -0.757. The second-order valence-electron chi connectivity index (χ2n) is 4.30. The second kappa shape index (κ2) is 5.47. The molecule has 0 saturated heterocycles. The van der Waals surface area contributed by atoms with Gasteiger partial charge in [-0.3, -0.25) is 4.79 Å². The molecule has 1 saturated carbocycles. The topological polar surface area (TPSA) is 72.5 Å². The summed E-state index contributed by atoms with van der Waals surface area (Å²) in [4.78, 5) is 11.3. The third-order valence-corrected chi connectivity index (χ3v) is 3.19. The van der Waals surface area contributed by atoms with Gasteiger partial charge in [0.1, 0.15) is 0 Å². The van der Waals surface area contributed by atoms with Gasteiger partial charge in [-0.2, -0.15) is 0 Å². The van der Waals surface area contributed by atoms with Crippen LogP contribution in [-0.2, 0) is 9.53 Å². The van der Waals surface area contributed by atoms with Crippen LogP contribution < -0.4 is 5.73 Å². The van der Waals surface area contributed by atoms with E-state index in [0.717, 1.165) is 19.3 Å². The summed E-state index contributed by atoms with van der Waals surface area (Å²) >= 11 is 0. The molecule has 1 fully saturated rings. The van der Waals surface area contributed by atoms with Crippen LogP contribution in [0.4, 0.5) is 0 Å². The zero-order chi connectivity index (χ0) is 11.3. The number of carbonyl (C=O) groups is 1. The Balaban J connectivity index is 2.44. The molecule has 0 aromatic rings. The second-order valence-corrected chi connectivity index (χ2v) is 4.30. The van der Waals surface area contributed by atoms with Crippen molar-refractivity contribution < 1.29 is 14.6 Å². The van der Waals surface area contributed by atoms with Crippen molar-refractivity contribution >= 4 is 5.97 Å². The van der Waals surface area contributed by atoms with Crippen LogP contribution in [0.3, 0.4) is 0 Å². The van der Waals surface area contributed by atoms with Crippen molar-refractivity contribution in [3.63, 3.8) is 0 Å². The van der Waals surface area contributed by atoms with Crippen LogP contribution in [0.1, 0.15) is 32.6 Å². The van der Waals surface area contributed by atoms with Gasteiger partial charge in [0.15, 0.2) is 0 Å². The molecule has 1 aliphatic rings. The maximum Gasteiger partial charge on any atom is 0.311 e. The zero-order valence-corrected chi connectivity index (χ0v) is 9.37. The maximum absolute atomic E-state index is 11.3. The summed E-state index contributed by atoms with van der Waals surface area (Å²) < 4.78 is 5.35. The van der Waals surface area contributed by atoms with Gasteiger partial charge in [-0.25, -0.2) is 0 Å². The molecule has 1 unspecified atom stereocenters. The number of rotatable bonds is 8. The number of carboxylic acids is 1. The molecule has 1 atom stereocenters. The highest BCUT2D eigenvalue weighted by Crippen LogP contribution is 2.47. The molecule has 0 aromatic heterocycles. The van der Waals surface area contributed by atoms with E-state index in [2.05, 4.69) is 0 Å². The van der Waals surface area contributed by atoms with E-state index < -0.39 is 11.4 Å². The fourth-order valence-corrected chi connectivity index (χ4v) is 1.98. The van der Waals surface area contributed by atoms with Crippen molar-refractivity contribution in [3.8, 4) is 0 Å². The van der Waals surface area contributed by atoms with E-state index in [4.69, 9.17) is 10.5 Å². The Morgan fingerprint density at radius 1 is 1.53 bits per heavy atom. The molecule has 0 aliphatic heterocycles. The summed E-state index contributed by atoms with van der Waals surface area (Å²) in [5, 5.41) is 9.26. The third-order valence-electron chi connectivity index (χ3n) is 3.19. The first-order chi connectivity index (χ1) is 7.17. The van der Waals surface area contributed by atoms with Crippen LogP contribution in [-0.4, -0.2) is 30.8 Å². The molecule has 1 aliphatic carbocycles. The largest absolute Gasteiger partial charge is 0.481 e. The lowest BCUT2D eigenvalue weighted by molar-refractivity contribution is -0.151. The maximum atomic E-state index is 11.3. The Labute approximate surface area is 90.8 Å². The monoisotopic (exact) mass is 215 g/mol. The molecule has 88 valence electrons. The van der Waals surface area contributed by atoms with Crippen LogP contribution in [0, 0.1) is 11.3 Å². The van der Waals surface area contributed by atoms with Crippen molar-refractivity contribution in [2.75, 3.05) is 19.8 Å². The summed E-state index contributed by atoms with van der Waals surface area (Å²) in [6.07, 6.45) is 3.50. The SMILES string of the molecule is CCCOCCC(CN)(C(=O)O)C1CC1. The molecule has 3 N–H and O–H groups in total. The van der Waals surface area contributed by atoms with Crippen LogP contribution >= 0.6 is 0 Å². The molecule has 0 bridgehead atoms. The highest BCUT2D eigenvalue weighted by Gasteiger charge is 2.49. The lowest BCUT2D eigenvalue weighted by atomic mass is 9.80. The highest BCUT2D eigenvalue weighted by molar-refractivity contribution is 5.76. The minimum absolute atomic E-state index is 0.225. The molecule has 15 heavy (non-hydrogen) atoms. The number of ether oxygens (including phenoxy) is 1. The molecular weight excluding hydrogens is 194 g/mol. The van der Waals surface area contributed by atoms with Gasteiger partial charge in [0.2, 0.25) is 0 Å². The van der Waals surface area contributed by atoms with E-state index >= 15 is 0 Å². The number of hydrogen-bond acceptors (Lipinski definition) is 3. The minimum Gasteiger partial charge on any atom is -0.481 e. The zero-order valence-electron chi connectivity index (χ0n) is 9.37. The van der Waals surface area contributed by atoms with E-state index in [9.17, 15) is 9.90 Å². The Morgan fingerprint density at radius 2 is 2.20 bits per heavy atom. The van der Waals surface area contributed by atoms with Gasteiger partial charge in [-0.15, -0.1) is 0 Å². The van der Waals surface area contributed by atoms with E-state index in [1.54, 1.807) is 0 Å². The smallest absolute Gasteiger partial charge is 0.311 e. The molecule has 0 amide bonds. The first-order valence-electron chi connectivity index (χ1n) is 5.68. The highest BCUT2D eigenvalue weighted by atomic mass is 16.5. The number of carboxylic acid groups (broad SMARTS) is 1. The lowest BCUT2D eigenvalue weighted by Crippen LogP contribution is -2.41. The van der Waals surface area contributed by atoms with Crippen molar-refractivity contribution in [1.82, 2.24) is 0 Å². The van der Waals surface area contributed by atoms with Gasteiger partial charge < -0.3 is 15.6 Å². The van der Waals surface area contributed by atoms with Crippen molar-refractivity contribution in [2.45, 2.75) is 32.6 Å². The van der Waals surface area contributed by atoms with Gasteiger partial charge in [0.25, 0.3) is 0 Å². The van der Waals surface area contributed by atoms with E-state index in [0.29, 0.717) is 19.6 Å². The van der Waals surface area contributed by atoms with Crippen LogP contribution in [0.5, 0.6) is 0 Å². The molecule has 4 nitrogen and oxygen atoms in total. The predicted molar refractivity (Wildman–Crippen MR) is 57.6 cm³/mol. The van der Waals surface area contributed by atoms with Gasteiger partial charge in [-0.1, -0.05) is 6.92 Å². The van der Waals surface area contributed by atoms with Crippen LogP contribution in [0.25, 0.3) is 0 Å². The van der Waals surface area contributed by atoms with E-state index in [-0.39, 0.29) is 12.5 Å². The molecule has 0 spiro atoms. The van der Waals surface area contributed by atoms with Gasteiger partial charge in [0.05, 0.1) is 5.41 Å². The van der Waals surface area contributed by atoms with Crippen molar-refractivity contribution in [1.29, 1.82) is 0 Å². The first kappa shape index (κ1) is 12.5. The molecule has 0 aromatic carbocycles. The van der Waals surface area contributed by atoms with Crippen LogP contribution in [0.2, 0.25) is 0 Å². The first-order valence-corrected chi connectivity index (χ1v) is 5.68. The number of aliphatic carboxylic acids is 1. The summed E-state index contributed by atoms with van der Waals surface area (Å²) in [5.41, 5.74) is 4.90. The number of nitrogens with two attached hydrogens (primary N) is 1. The summed E-state index contributed by atoms with van der Waals surface area (Å²) in [6.45, 7) is 3.47. The normalized spacial score (nSPS) is 19.9. The molecule has 1 rings (SSSR count). The number of hydrogen-bond donors (Lipinski definition) is 2. The molecule has 0 radical (unpaired) electrons. The van der Waals surface area contributed by atoms with Gasteiger partial charge in [0, 0.05) is 19.8 Å². The summed E-state index contributed by atoms with van der Waals surface area (Å²) in [7, 11) is 0. The van der Waals surface area contributed by atoms with E-state index in [1.807, 2.05) is 6.92 Å². The Morgan fingerprint density at radius 3 is 2.60 bits per heavy atom. The van der Waals surface area contributed by atoms with Crippen molar-refractivity contribution in [3.05, 3.63) is 0 Å². The molecule has 0 heterocycles. The Hall–Kier alpha value is -0.610. The standard InChI is InChI=1S/C11H21NO3/c1-2-6-15-7-5-11(8-12,10(13)14)9-3-4-9/h9H,2-8,12H2,1H3,(H,13,14). The quantitative estimate of drug-likeness (QED) is 0.597. The third kappa shape index (κ3) is 2.92. The van der Waals surface area contributed by atoms with Crippen molar-refractivity contribution in [2.24, 2.45) is 17.1 Å².